The second-order valence-corrected chi connectivity index (χ2v) is 3.24. The van der Waals surface area contributed by atoms with Crippen LogP contribution in [-0.4, -0.2) is 17.5 Å². The van der Waals surface area contributed by atoms with Crippen LogP contribution >= 0.6 is 0 Å². The monoisotopic (exact) mass is 174 g/mol. The topological polar surface area (TPSA) is 41.8 Å². The van der Waals surface area contributed by atoms with Crippen molar-refractivity contribution < 1.29 is 4.79 Å². The molecular weight excluding hydrogens is 164 g/mol. The van der Waals surface area contributed by atoms with Gasteiger partial charge in [0.25, 0.3) is 5.91 Å². The quantitative estimate of drug-likeness (QED) is 0.549. The Balaban J connectivity index is 2.48. The number of hydrogen-bond donors (Lipinski definition) is 0. The Morgan fingerprint density at radius 1 is 1.31 bits per heavy atom. The van der Waals surface area contributed by atoms with Gasteiger partial charge in [0.2, 0.25) is 0 Å². The van der Waals surface area contributed by atoms with Gasteiger partial charge >= 0.3 is 0 Å². The average molecular weight is 174 g/mol. The standard InChI is InChI=1S/C10H10N2O/c1-6-4-3-5-8-9(6)10(13)12-7(2)11-8/h3-5,9H,1-2H3. The normalized spacial score (nSPS) is 26.2. The molecule has 0 bridgehead atoms. The van der Waals surface area contributed by atoms with Gasteiger partial charge in [-0.3, -0.25) is 4.79 Å². The third-order valence-corrected chi connectivity index (χ3v) is 2.19. The van der Waals surface area contributed by atoms with Gasteiger partial charge in [-0.15, -0.1) is 0 Å². The Bertz CT molecular complexity index is 386. The summed E-state index contributed by atoms with van der Waals surface area (Å²) in [7, 11) is 0. The maximum absolute atomic E-state index is 11.5. The van der Waals surface area contributed by atoms with Crippen molar-refractivity contribution in [1.82, 2.24) is 0 Å². The third kappa shape index (κ3) is 1.26. The van der Waals surface area contributed by atoms with E-state index in [-0.39, 0.29) is 11.8 Å². The number of carbonyl (C=O) groups is 1. The highest BCUT2D eigenvalue weighted by molar-refractivity contribution is 6.21. The molecule has 1 unspecified atom stereocenters. The van der Waals surface area contributed by atoms with Crippen molar-refractivity contribution in [1.29, 1.82) is 0 Å². The highest BCUT2D eigenvalue weighted by atomic mass is 16.1. The second-order valence-electron chi connectivity index (χ2n) is 3.24. The van der Waals surface area contributed by atoms with Crippen molar-refractivity contribution in [3.63, 3.8) is 0 Å². The molecule has 1 heterocycles. The number of rotatable bonds is 0. The molecule has 2 aliphatic rings. The van der Waals surface area contributed by atoms with E-state index in [1.165, 1.54) is 0 Å². The maximum Gasteiger partial charge on any atom is 0.260 e. The van der Waals surface area contributed by atoms with Crippen molar-refractivity contribution in [2.45, 2.75) is 13.8 Å². The molecule has 1 amide bonds. The summed E-state index contributed by atoms with van der Waals surface area (Å²) in [4.78, 5) is 19.6. The van der Waals surface area contributed by atoms with Crippen LogP contribution in [0.2, 0.25) is 0 Å². The summed E-state index contributed by atoms with van der Waals surface area (Å²) in [5.41, 5.74) is 1.83. The summed E-state index contributed by atoms with van der Waals surface area (Å²) in [6.07, 6.45) is 5.71. The van der Waals surface area contributed by atoms with Crippen molar-refractivity contribution in [2.24, 2.45) is 15.9 Å². The summed E-state index contributed by atoms with van der Waals surface area (Å²) in [5, 5.41) is 0. The van der Waals surface area contributed by atoms with Crippen molar-refractivity contribution >= 4 is 17.5 Å². The Morgan fingerprint density at radius 2 is 2.08 bits per heavy atom. The fourth-order valence-electron chi connectivity index (χ4n) is 1.58. The minimum absolute atomic E-state index is 0.0967. The lowest BCUT2D eigenvalue weighted by molar-refractivity contribution is -0.118. The predicted molar refractivity (Wildman–Crippen MR) is 51.9 cm³/mol. The fraction of sp³-hybridized carbons (Fsp3) is 0.300. The molecule has 0 radical (unpaired) electrons. The molecule has 66 valence electrons. The SMILES string of the molecule is CC1=CC=CC2=NC(C)=NC(=O)C12. The molecule has 0 aromatic heterocycles. The smallest absolute Gasteiger partial charge is 0.260 e. The van der Waals surface area contributed by atoms with Gasteiger partial charge in [-0.2, -0.15) is 4.99 Å². The highest BCUT2D eigenvalue weighted by Gasteiger charge is 2.28. The van der Waals surface area contributed by atoms with Crippen molar-refractivity contribution in [3.8, 4) is 0 Å². The molecule has 13 heavy (non-hydrogen) atoms. The largest absolute Gasteiger partial charge is 0.271 e. The summed E-state index contributed by atoms with van der Waals surface area (Å²) in [6.45, 7) is 3.67. The molecule has 0 fully saturated rings. The number of carbonyl (C=O) groups excluding carboxylic acids is 1. The summed E-state index contributed by atoms with van der Waals surface area (Å²) in [6, 6.07) is 0. The van der Waals surface area contributed by atoms with Crippen LogP contribution in [0.3, 0.4) is 0 Å². The van der Waals surface area contributed by atoms with E-state index in [1.807, 2.05) is 25.2 Å². The van der Waals surface area contributed by atoms with Crippen LogP contribution in [0.4, 0.5) is 0 Å². The van der Waals surface area contributed by atoms with Crippen LogP contribution in [0, 0.1) is 5.92 Å². The second kappa shape index (κ2) is 2.76. The van der Waals surface area contributed by atoms with Crippen LogP contribution in [0.5, 0.6) is 0 Å². The molecule has 0 saturated carbocycles. The van der Waals surface area contributed by atoms with E-state index < -0.39 is 0 Å². The number of allylic oxidation sites excluding steroid dienone is 3. The lowest BCUT2D eigenvalue weighted by atomic mass is 9.89. The lowest BCUT2D eigenvalue weighted by Crippen LogP contribution is -2.28. The number of nitrogens with zero attached hydrogens (tertiary/aromatic N) is 2. The molecule has 1 aliphatic carbocycles. The zero-order valence-corrected chi connectivity index (χ0v) is 7.61. The molecule has 1 atom stereocenters. The van der Waals surface area contributed by atoms with E-state index in [1.54, 1.807) is 6.92 Å². The van der Waals surface area contributed by atoms with Gasteiger partial charge in [-0.25, -0.2) is 4.99 Å². The number of amidine groups is 1. The van der Waals surface area contributed by atoms with Crippen LogP contribution in [0.25, 0.3) is 0 Å². The van der Waals surface area contributed by atoms with Crippen LogP contribution < -0.4 is 0 Å². The van der Waals surface area contributed by atoms with Gasteiger partial charge in [-0.1, -0.05) is 17.7 Å². The Labute approximate surface area is 76.6 Å². The van der Waals surface area contributed by atoms with E-state index in [9.17, 15) is 4.79 Å². The van der Waals surface area contributed by atoms with E-state index in [0.29, 0.717) is 5.84 Å². The molecule has 0 N–H and O–H groups in total. The van der Waals surface area contributed by atoms with E-state index in [0.717, 1.165) is 11.3 Å². The summed E-state index contributed by atoms with van der Waals surface area (Å²) < 4.78 is 0. The molecular formula is C10H10N2O. The van der Waals surface area contributed by atoms with Gasteiger partial charge < -0.3 is 0 Å². The van der Waals surface area contributed by atoms with Crippen molar-refractivity contribution in [2.75, 3.05) is 0 Å². The number of aliphatic imine (C=N–C) groups is 2. The van der Waals surface area contributed by atoms with Gasteiger partial charge in [0.1, 0.15) is 11.8 Å². The van der Waals surface area contributed by atoms with E-state index >= 15 is 0 Å². The van der Waals surface area contributed by atoms with Gasteiger partial charge in [-0.05, 0) is 19.9 Å². The molecule has 0 aromatic carbocycles. The predicted octanol–water partition coefficient (Wildman–Crippen LogP) is 1.52. The van der Waals surface area contributed by atoms with E-state index in [4.69, 9.17) is 0 Å². The Hall–Kier alpha value is -1.51. The minimum Gasteiger partial charge on any atom is -0.271 e. The molecule has 0 aromatic rings. The zero-order valence-electron chi connectivity index (χ0n) is 7.61. The zero-order chi connectivity index (χ0) is 9.42. The summed E-state index contributed by atoms with van der Waals surface area (Å²) >= 11 is 0. The van der Waals surface area contributed by atoms with Gasteiger partial charge in [0.05, 0.1) is 5.71 Å². The number of amides is 1. The van der Waals surface area contributed by atoms with Gasteiger partial charge in [0.15, 0.2) is 0 Å². The molecule has 2 rings (SSSR count). The first-order valence-corrected chi connectivity index (χ1v) is 4.21. The third-order valence-electron chi connectivity index (χ3n) is 2.19. The number of fused-ring (bicyclic) bond motifs is 1. The lowest BCUT2D eigenvalue weighted by Gasteiger charge is -2.20. The Kier molecular flexibility index (Phi) is 1.72. The van der Waals surface area contributed by atoms with Crippen LogP contribution in [0.1, 0.15) is 13.8 Å². The van der Waals surface area contributed by atoms with Crippen LogP contribution in [-0.2, 0) is 4.79 Å². The first kappa shape index (κ1) is 8.10. The Morgan fingerprint density at radius 3 is 2.85 bits per heavy atom. The molecule has 0 spiro atoms. The minimum atomic E-state index is -0.228. The fourth-order valence-corrected chi connectivity index (χ4v) is 1.58. The van der Waals surface area contributed by atoms with E-state index in [2.05, 4.69) is 9.98 Å². The highest BCUT2D eigenvalue weighted by Crippen LogP contribution is 2.22. The van der Waals surface area contributed by atoms with Crippen molar-refractivity contribution in [3.05, 3.63) is 23.8 Å². The molecule has 3 nitrogen and oxygen atoms in total. The molecule has 3 heteroatoms. The molecule has 0 saturated heterocycles. The molecule has 1 aliphatic heterocycles. The average Bonchev–Trinajstić information content (AvgIpc) is 2.02. The van der Waals surface area contributed by atoms with Gasteiger partial charge in [0, 0.05) is 0 Å². The first-order valence-electron chi connectivity index (χ1n) is 4.21. The van der Waals surface area contributed by atoms with Crippen LogP contribution in [0.15, 0.2) is 33.8 Å². The first-order chi connectivity index (χ1) is 6.18. The number of hydrogen-bond acceptors (Lipinski definition) is 2. The maximum atomic E-state index is 11.5. The summed E-state index contributed by atoms with van der Waals surface area (Å²) in [5.74, 6) is 0.227.